The molecular weight excluding hydrogens is 370 g/mol. The minimum atomic E-state index is -0.780. The van der Waals surface area contributed by atoms with Crippen molar-refractivity contribution in [3.05, 3.63) is 107 Å². The fraction of sp³-hybridized carbons (Fsp3) is 0.167. The molecule has 0 amide bonds. The second-order valence-corrected chi connectivity index (χ2v) is 7.27. The normalized spacial score (nSPS) is 12.0. The van der Waals surface area contributed by atoms with E-state index in [0.29, 0.717) is 29.2 Å². The van der Waals surface area contributed by atoms with Crippen LogP contribution in [0, 0.1) is 5.92 Å². The van der Waals surface area contributed by atoms with Gasteiger partial charge in [0, 0.05) is 29.2 Å². The van der Waals surface area contributed by atoms with Crippen molar-refractivity contribution in [2.75, 3.05) is 13.6 Å². The van der Waals surface area contributed by atoms with E-state index < -0.39 is 5.92 Å². The number of rotatable bonds is 8. The van der Waals surface area contributed by atoms with Gasteiger partial charge in [0.05, 0.1) is 5.92 Å². The number of ketones is 2. The minimum Gasteiger partial charge on any atom is -0.301 e. The van der Waals surface area contributed by atoms with E-state index in [1.807, 2.05) is 60.5 Å². The molecule has 0 saturated heterocycles. The van der Waals surface area contributed by atoms with Crippen molar-refractivity contribution in [1.29, 1.82) is 0 Å². The van der Waals surface area contributed by atoms with Crippen molar-refractivity contribution in [1.82, 2.24) is 4.90 Å². The highest BCUT2D eigenvalue weighted by atomic mass is 35.5. The molecule has 3 aromatic rings. The summed E-state index contributed by atoms with van der Waals surface area (Å²) in [4.78, 5) is 28.3. The summed E-state index contributed by atoms with van der Waals surface area (Å²) in [6.07, 6.45) is 0. The predicted octanol–water partition coefficient (Wildman–Crippen LogP) is 5.15. The smallest absolute Gasteiger partial charge is 0.174 e. The molecule has 3 rings (SSSR count). The van der Waals surface area contributed by atoms with Gasteiger partial charge in [-0.1, -0.05) is 72.3 Å². The summed E-state index contributed by atoms with van der Waals surface area (Å²) in [5.74, 6) is -1.14. The first-order valence-electron chi connectivity index (χ1n) is 9.16. The van der Waals surface area contributed by atoms with Crippen molar-refractivity contribution in [2.45, 2.75) is 6.54 Å². The number of nitrogens with zero attached hydrogens (tertiary/aromatic N) is 1. The molecule has 0 radical (unpaired) electrons. The Morgan fingerprint density at radius 2 is 1.29 bits per heavy atom. The lowest BCUT2D eigenvalue weighted by molar-refractivity contribution is 0.0770. The Morgan fingerprint density at radius 3 is 1.86 bits per heavy atom. The number of benzene rings is 3. The minimum absolute atomic E-state index is 0.166. The van der Waals surface area contributed by atoms with Crippen LogP contribution in [0.25, 0.3) is 0 Å². The first kappa shape index (κ1) is 20.0. The highest BCUT2D eigenvalue weighted by Gasteiger charge is 2.29. The van der Waals surface area contributed by atoms with Crippen LogP contribution in [0.15, 0.2) is 84.9 Å². The van der Waals surface area contributed by atoms with Crippen LogP contribution in [0.4, 0.5) is 0 Å². The topological polar surface area (TPSA) is 37.4 Å². The highest BCUT2D eigenvalue weighted by Crippen LogP contribution is 2.19. The maximum absolute atomic E-state index is 13.2. The van der Waals surface area contributed by atoms with Crippen LogP contribution in [0.5, 0.6) is 0 Å². The quantitative estimate of drug-likeness (QED) is 0.393. The number of Topliss-reactive ketones (excluding diaryl/α,β-unsaturated/α-hetero) is 2. The second kappa shape index (κ2) is 9.45. The SMILES string of the molecule is CN(Cc1ccccc1)CC(C(=O)c1ccccc1)C(=O)c1ccc(Cl)cc1. The molecule has 0 aliphatic rings. The molecule has 0 saturated carbocycles. The second-order valence-electron chi connectivity index (χ2n) is 6.84. The average Bonchev–Trinajstić information content (AvgIpc) is 2.73. The Kier molecular flexibility index (Phi) is 6.75. The fourth-order valence-electron chi connectivity index (χ4n) is 3.18. The van der Waals surface area contributed by atoms with Crippen molar-refractivity contribution in [3.8, 4) is 0 Å². The lowest BCUT2D eigenvalue weighted by Crippen LogP contribution is -2.35. The van der Waals surface area contributed by atoms with Crippen LogP contribution in [0.2, 0.25) is 5.02 Å². The Hall–Kier alpha value is -2.75. The third-order valence-electron chi connectivity index (χ3n) is 4.61. The van der Waals surface area contributed by atoms with Crippen LogP contribution in [0.1, 0.15) is 26.3 Å². The Morgan fingerprint density at radius 1 is 0.786 bits per heavy atom. The summed E-state index contributed by atoms with van der Waals surface area (Å²) in [6.45, 7) is 0.997. The van der Waals surface area contributed by atoms with E-state index in [4.69, 9.17) is 11.6 Å². The Bertz CT molecular complexity index is 924. The van der Waals surface area contributed by atoms with Crippen LogP contribution < -0.4 is 0 Å². The first-order valence-corrected chi connectivity index (χ1v) is 9.54. The number of halogens is 1. The van der Waals surface area contributed by atoms with Gasteiger partial charge in [0.1, 0.15) is 0 Å². The Balaban J connectivity index is 1.84. The van der Waals surface area contributed by atoms with E-state index in [-0.39, 0.29) is 11.6 Å². The van der Waals surface area contributed by atoms with Crippen LogP contribution in [-0.4, -0.2) is 30.1 Å². The summed E-state index contributed by atoms with van der Waals surface area (Å²) in [6, 6.07) is 25.7. The molecule has 28 heavy (non-hydrogen) atoms. The van der Waals surface area contributed by atoms with Crippen molar-refractivity contribution in [3.63, 3.8) is 0 Å². The van der Waals surface area contributed by atoms with E-state index in [9.17, 15) is 9.59 Å². The number of carbonyl (C=O) groups is 2. The molecule has 0 N–H and O–H groups in total. The number of carbonyl (C=O) groups excluding carboxylic acids is 2. The van der Waals surface area contributed by atoms with Gasteiger partial charge in [0.25, 0.3) is 0 Å². The van der Waals surface area contributed by atoms with Gasteiger partial charge < -0.3 is 4.90 Å². The van der Waals surface area contributed by atoms with Crippen molar-refractivity contribution < 1.29 is 9.59 Å². The zero-order valence-corrected chi connectivity index (χ0v) is 16.5. The fourth-order valence-corrected chi connectivity index (χ4v) is 3.30. The molecule has 0 aliphatic carbocycles. The van der Waals surface area contributed by atoms with Gasteiger partial charge in [-0.15, -0.1) is 0 Å². The van der Waals surface area contributed by atoms with Gasteiger partial charge in [-0.25, -0.2) is 0 Å². The molecule has 0 heterocycles. The zero-order valence-electron chi connectivity index (χ0n) is 15.7. The zero-order chi connectivity index (χ0) is 19.9. The van der Waals surface area contributed by atoms with E-state index >= 15 is 0 Å². The van der Waals surface area contributed by atoms with Gasteiger partial charge in [-0.05, 0) is 36.9 Å². The van der Waals surface area contributed by atoms with Crippen LogP contribution in [-0.2, 0) is 6.54 Å². The Labute approximate surface area is 170 Å². The van der Waals surface area contributed by atoms with E-state index in [1.165, 1.54) is 0 Å². The summed E-state index contributed by atoms with van der Waals surface area (Å²) in [7, 11) is 1.92. The van der Waals surface area contributed by atoms with Gasteiger partial charge in [0.15, 0.2) is 11.6 Å². The lowest BCUT2D eigenvalue weighted by atomic mass is 9.89. The molecule has 4 heteroatoms. The van der Waals surface area contributed by atoms with Crippen molar-refractivity contribution in [2.24, 2.45) is 5.92 Å². The molecule has 1 atom stereocenters. The highest BCUT2D eigenvalue weighted by molar-refractivity contribution is 6.30. The number of hydrogen-bond acceptors (Lipinski definition) is 3. The molecule has 3 aromatic carbocycles. The molecule has 0 spiro atoms. The number of hydrogen-bond donors (Lipinski definition) is 0. The summed E-state index contributed by atoms with van der Waals surface area (Å²) in [5.41, 5.74) is 2.17. The molecule has 0 aliphatic heterocycles. The third kappa shape index (κ3) is 5.16. The molecule has 3 nitrogen and oxygen atoms in total. The monoisotopic (exact) mass is 391 g/mol. The van der Waals surface area contributed by atoms with Gasteiger partial charge in [0.2, 0.25) is 0 Å². The molecule has 1 unspecified atom stereocenters. The standard InChI is InChI=1S/C24H22ClNO2/c1-26(16-18-8-4-2-5-9-18)17-22(23(27)19-10-6-3-7-11-19)24(28)20-12-14-21(25)15-13-20/h2-15,22H,16-17H2,1H3. The third-order valence-corrected chi connectivity index (χ3v) is 4.86. The van der Waals surface area contributed by atoms with Gasteiger partial charge in [-0.3, -0.25) is 9.59 Å². The molecule has 0 fully saturated rings. The molecule has 0 bridgehead atoms. The maximum atomic E-state index is 13.2. The summed E-state index contributed by atoms with van der Waals surface area (Å²) >= 11 is 5.94. The lowest BCUT2D eigenvalue weighted by Gasteiger charge is -2.23. The van der Waals surface area contributed by atoms with Gasteiger partial charge >= 0.3 is 0 Å². The van der Waals surface area contributed by atoms with Crippen LogP contribution >= 0.6 is 11.6 Å². The van der Waals surface area contributed by atoms with Crippen molar-refractivity contribution >= 4 is 23.2 Å². The largest absolute Gasteiger partial charge is 0.301 e. The predicted molar refractivity (Wildman–Crippen MR) is 113 cm³/mol. The van der Waals surface area contributed by atoms with E-state index in [1.54, 1.807) is 36.4 Å². The van der Waals surface area contributed by atoms with E-state index in [2.05, 4.69) is 0 Å². The summed E-state index contributed by atoms with van der Waals surface area (Å²) in [5, 5.41) is 0.559. The maximum Gasteiger partial charge on any atom is 0.174 e. The molecule has 0 aromatic heterocycles. The first-order chi connectivity index (χ1) is 13.5. The van der Waals surface area contributed by atoms with E-state index in [0.717, 1.165) is 5.56 Å². The summed E-state index contributed by atoms with van der Waals surface area (Å²) < 4.78 is 0. The average molecular weight is 392 g/mol. The molecule has 142 valence electrons. The van der Waals surface area contributed by atoms with Crippen LogP contribution in [0.3, 0.4) is 0 Å². The molecular formula is C24H22ClNO2. The van der Waals surface area contributed by atoms with Gasteiger partial charge in [-0.2, -0.15) is 0 Å².